The number of hydrogen-bond donors (Lipinski definition) is 1. The van der Waals surface area contributed by atoms with Crippen molar-refractivity contribution in [2.75, 3.05) is 5.32 Å². The van der Waals surface area contributed by atoms with Gasteiger partial charge in [0, 0.05) is 12.1 Å². The Hall–Kier alpha value is -4.44. The molecular weight excluding hydrogens is 418 g/mol. The van der Waals surface area contributed by atoms with E-state index in [4.69, 9.17) is 10.00 Å². The summed E-state index contributed by atoms with van der Waals surface area (Å²) in [5.41, 5.74) is 0.159. The van der Waals surface area contributed by atoms with E-state index in [2.05, 4.69) is 5.32 Å². The van der Waals surface area contributed by atoms with Gasteiger partial charge in [0.1, 0.15) is 0 Å². The molecule has 33 heavy (non-hydrogen) atoms. The van der Waals surface area contributed by atoms with E-state index in [0.29, 0.717) is 16.8 Å². The Morgan fingerprint density at radius 1 is 1.00 bits per heavy atom. The maximum atomic E-state index is 13.7. The van der Waals surface area contributed by atoms with E-state index < -0.39 is 29.6 Å². The second kappa shape index (κ2) is 8.97. The van der Waals surface area contributed by atoms with E-state index in [1.807, 2.05) is 30.3 Å². The lowest BCUT2D eigenvalue weighted by Gasteiger charge is -2.25. The number of imide groups is 1. The number of anilines is 1. The second-order valence-corrected chi connectivity index (χ2v) is 7.76. The fourth-order valence-corrected chi connectivity index (χ4v) is 3.81. The largest absolute Gasteiger partial charge is 0.422 e. The molecule has 1 fully saturated rings. The summed E-state index contributed by atoms with van der Waals surface area (Å²) in [5.74, 6) is -1.48. The maximum Gasteiger partial charge on any atom is 0.418 e. The van der Waals surface area contributed by atoms with Crippen molar-refractivity contribution >= 4 is 23.6 Å². The number of nitriles is 1. The summed E-state index contributed by atoms with van der Waals surface area (Å²) >= 11 is 0. The second-order valence-electron chi connectivity index (χ2n) is 7.76. The molecule has 164 valence electrons. The van der Waals surface area contributed by atoms with Crippen LogP contribution < -0.4 is 5.32 Å². The molecule has 3 aromatic carbocycles. The number of rotatable bonds is 6. The minimum absolute atomic E-state index is 0.113. The zero-order chi connectivity index (χ0) is 23.4. The molecule has 3 amide bonds. The minimum atomic E-state index is -2.06. The Labute approximate surface area is 191 Å². The SMILES string of the molecule is C[C@H](c1ccccc1)N1C(=O)O[C@](Cc2ccccc2)(C(=O)Nc2ccc(C#N)cc2)C1=O. The Morgan fingerprint density at radius 2 is 1.61 bits per heavy atom. The highest BCUT2D eigenvalue weighted by Crippen LogP contribution is 2.35. The molecule has 1 heterocycles. The van der Waals surface area contributed by atoms with Crippen molar-refractivity contribution < 1.29 is 19.1 Å². The van der Waals surface area contributed by atoms with Crippen molar-refractivity contribution in [1.82, 2.24) is 4.90 Å². The number of cyclic esters (lactones) is 1. The van der Waals surface area contributed by atoms with Gasteiger partial charge in [0.05, 0.1) is 17.7 Å². The van der Waals surface area contributed by atoms with Crippen LogP contribution in [0.15, 0.2) is 84.9 Å². The van der Waals surface area contributed by atoms with E-state index in [-0.39, 0.29) is 6.42 Å². The van der Waals surface area contributed by atoms with Crippen molar-refractivity contribution in [3.05, 3.63) is 102 Å². The van der Waals surface area contributed by atoms with Gasteiger partial charge in [-0.05, 0) is 42.3 Å². The molecule has 7 nitrogen and oxygen atoms in total. The molecule has 2 atom stereocenters. The van der Waals surface area contributed by atoms with Crippen molar-refractivity contribution in [2.45, 2.75) is 25.0 Å². The lowest BCUT2D eigenvalue weighted by molar-refractivity contribution is -0.147. The normalized spacial score (nSPS) is 18.4. The fraction of sp³-hybridized carbons (Fsp3) is 0.154. The topological polar surface area (TPSA) is 99.5 Å². The van der Waals surface area contributed by atoms with E-state index in [9.17, 15) is 14.4 Å². The van der Waals surface area contributed by atoms with Crippen LogP contribution in [0.4, 0.5) is 10.5 Å². The van der Waals surface area contributed by atoms with Crippen molar-refractivity contribution in [3.63, 3.8) is 0 Å². The molecule has 0 saturated carbocycles. The fourth-order valence-electron chi connectivity index (χ4n) is 3.81. The summed E-state index contributed by atoms with van der Waals surface area (Å²) in [5, 5.41) is 11.7. The van der Waals surface area contributed by atoms with Crippen LogP contribution >= 0.6 is 0 Å². The number of nitrogens with zero attached hydrogens (tertiary/aromatic N) is 2. The molecule has 0 spiro atoms. The van der Waals surface area contributed by atoms with E-state index >= 15 is 0 Å². The quantitative estimate of drug-likeness (QED) is 0.580. The Kier molecular flexibility index (Phi) is 5.92. The predicted octanol–water partition coefficient (Wildman–Crippen LogP) is 4.22. The summed E-state index contributed by atoms with van der Waals surface area (Å²) in [6.07, 6.45) is -0.985. The van der Waals surface area contributed by atoms with Gasteiger partial charge in [0.15, 0.2) is 0 Å². The van der Waals surface area contributed by atoms with Gasteiger partial charge in [0.2, 0.25) is 0 Å². The smallest absolute Gasteiger partial charge is 0.418 e. The van der Waals surface area contributed by atoms with Crippen LogP contribution in [-0.4, -0.2) is 28.4 Å². The third-order valence-electron chi connectivity index (χ3n) is 5.63. The number of benzene rings is 3. The maximum absolute atomic E-state index is 13.7. The molecule has 0 aromatic heterocycles. The monoisotopic (exact) mass is 439 g/mol. The Balaban J connectivity index is 1.69. The van der Waals surface area contributed by atoms with E-state index in [0.717, 1.165) is 10.5 Å². The first kappa shape index (κ1) is 21.8. The first-order valence-electron chi connectivity index (χ1n) is 10.4. The Bertz CT molecular complexity index is 1220. The van der Waals surface area contributed by atoms with Gasteiger partial charge in [-0.15, -0.1) is 0 Å². The van der Waals surface area contributed by atoms with Crippen molar-refractivity contribution in [2.24, 2.45) is 0 Å². The third kappa shape index (κ3) is 4.19. The molecule has 4 rings (SSSR count). The number of amides is 3. The van der Waals surface area contributed by atoms with Gasteiger partial charge in [0.25, 0.3) is 17.4 Å². The Morgan fingerprint density at radius 3 is 2.21 bits per heavy atom. The van der Waals surface area contributed by atoms with Crippen LogP contribution in [0.5, 0.6) is 0 Å². The molecule has 1 N–H and O–H groups in total. The van der Waals surface area contributed by atoms with E-state index in [1.54, 1.807) is 67.6 Å². The van der Waals surface area contributed by atoms with Crippen LogP contribution in [0.3, 0.4) is 0 Å². The molecule has 1 saturated heterocycles. The predicted molar refractivity (Wildman–Crippen MR) is 121 cm³/mol. The number of nitrogens with one attached hydrogen (secondary N) is 1. The van der Waals surface area contributed by atoms with Crippen molar-refractivity contribution in [1.29, 1.82) is 5.26 Å². The highest BCUT2D eigenvalue weighted by molar-refractivity contribution is 6.20. The van der Waals surface area contributed by atoms with Gasteiger partial charge in [-0.25, -0.2) is 9.69 Å². The number of hydrogen-bond acceptors (Lipinski definition) is 5. The molecule has 0 bridgehead atoms. The standard InChI is InChI=1S/C26H21N3O4/c1-18(21-10-6-3-7-11-21)29-24(31)26(33-25(29)32,16-19-8-4-2-5-9-19)23(30)28-22-14-12-20(17-27)13-15-22/h2-15,18H,16H2,1H3,(H,28,30)/t18-,26-/m1/s1. The summed E-state index contributed by atoms with van der Waals surface area (Å²) in [7, 11) is 0. The van der Waals surface area contributed by atoms with Crippen LogP contribution in [0.25, 0.3) is 0 Å². The lowest BCUT2D eigenvalue weighted by atomic mass is 9.91. The van der Waals surface area contributed by atoms with Crippen LogP contribution in [0.2, 0.25) is 0 Å². The number of carbonyl (C=O) groups is 3. The molecule has 1 aliphatic heterocycles. The van der Waals surface area contributed by atoms with Crippen LogP contribution in [-0.2, 0) is 20.7 Å². The summed E-state index contributed by atoms with van der Waals surface area (Å²) in [6, 6.07) is 25.6. The molecular formula is C26H21N3O4. The molecule has 0 unspecified atom stereocenters. The van der Waals surface area contributed by atoms with Crippen molar-refractivity contribution in [3.8, 4) is 6.07 Å². The van der Waals surface area contributed by atoms with Gasteiger partial charge >= 0.3 is 6.09 Å². The zero-order valence-corrected chi connectivity index (χ0v) is 17.9. The van der Waals surface area contributed by atoms with E-state index in [1.165, 1.54) is 0 Å². The average molecular weight is 439 g/mol. The van der Waals surface area contributed by atoms with Crippen LogP contribution in [0, 0.1) is 11.3 Å². The van der Waals surface area contributed by atoms with Gasteiger partial charge in [-0.1, -0.05) is 60.7 Å². The highest BCUT2D eigenvalue weighted by Gasteiger charge is 2.60. The highest BCUT2D eigenvalue weighted by atomic mass is 16.6. The first-order chi connectivity index (χ1) is 15.9. The van der Waals surface area contributed by atoms with Crippen LogP contribution in [0.1, 0.15) is 29.7 Å². The summed E-state index contributed by atoms with van der Waals surface area (Å²) in [4.78, 5) is 41.0. The first-order valence-corrected chi connectivity index (χ1v) is 10.4. The molecule has 1 aliphatic rings. The van der Waals surface area contributed by atoms with Gasteiger partial charge in [-0.2, -0.15) is 5.26 Å². The van der Waals surface area contributed by atoms with Gasteiger partial charge < -0.3 is 10.1 Å². The third-order valence-corrected chi connectivity index (χ3v) is 5.63. The van der Waals surface area contributed by atoms with Gasteiger partial charge in [-0.3, -0.25) is 9.59 Å². The molecule has 0 radical (unpaired) electrons. The summed E-state index contributed by atoms with van der Waals surface area (Å²) < 4.78 is 5.57. The average Bonchev–Trinajstić information content (AvgIpc) is 3.10. The lowest BCUT2D eigenvalue weighted by Crippen LogP contribution is -2.52. The molecule has 0 aliphatic carbocycles. The summed E-state index contributed by atoms with van der Waals surface area (Å²) in [6.45, 7) is 1.71. The zero-order valence-electron chi connectivity index (χ0n) is 17.9. The molecule has 7 heteroatoms. The number of carbonyl (C=O) groups excluding carboxylic acids is 3. The minimum Gasteiger partial charge on any atom is -0.422 e. The number of ether oxygens (including phenoxy) is 1. The molecule has 3 aromatic rings.